The molecule has 1 N–H and O–H groups in total. The summed E-state index contributed by atoms with van der Waals surface area (Å²) in [5, 5.41) is 11.8. The molecule has 2 aromatic rings. The molecule has 0 aliphatic heterocycles. The Labute approximate surface area is 104 Å². The minimum atomic E-state index is -0.750. The summed E-state index contributed by atoms with van der Waals surface area (Å²) in [6, 6.07) is 4.05. The summed E-state index contributed by atoms with van der Waals surface area (Å²) in [7, 11) is 1.95. The van der Waals surface area contributed by atoms with Crippen LogP contribution in [0.5, 0.6) is 0 Å². The largest absolute Gasteiger partial charge is 0.481 e. The fourth-order valence-corrected chi connectivity index (χ4v) is 2.53. The van der Waals surface area contributed by atoms with Gasteiger partial charge in [0.2, 0.25) is 0 Å². The molecular weight excluding hydrogens is 236 g/mol. The Morgan fingerprint density at radius 1 is 1.53 bits per heavy atom. The summed E-state index contributed by atoms with van der Waals surface area (Å²) in [6.45, 7) is 0.703. The van der Waals surface area contributed by atoms with Gasteiger partial charge in [-0.2, -0.15) is 0 Å². The summed E-state index contributed by atoms with van der Waals surface area (Å²) in [5.74, 6) is 0.175. The minimum absolute atomic E-state index is 0.198. The van der Waals surface area contributed by atoms with E-state index in [9.17, 15) is 4.79 Å². The maximum absolute atomic E-state index is 10.5. The van der Waals surface area contributed by atoms with E-state index in [0.29, 0.717) is 13.0 Å². The summed E-state index contributed by atoms with van der Waals surface area (Å²) >= 11 is 1.69. The number of nitrogens with zero attached hydrogens (tertiary/aromatic N) is 2. The van der Waals surface area contributed by atoms with Crippen molar-refractivity contribution in [2.45, 2.75) is 12.8 Å². The fourth-order valence-electron chi connectivity index (χ4n) is 1.76. The van der Waals surface area contributed by atoms with Crippen molar-refractivity contribution in [3.63, 3.8) is 0 Å². The fraction of sp³-hybridized carbons (Fsp3) is 0.333. The van der Waals surface area contributed by atoms with Crippen LogP contribution in [0.3, 0.4) is 0 Å². The number of hydrogen-bond acceptors (Lipinski definition) is 4. The van der Waals surface area contributed by atoms with E-state index in [2.05, 4.69) is 11.1 Å². The van der Waals surface area contributed by atoms with E-state index in [1.54, 1.807) is 17.5 Å². The molecule has 17 heavy (non-hydrogen) atoms. The van der Waals surface area contributed by atoms with Crippen LogP contribution in [0.15, 0.2) is 23.7 Å². The van der Waals surface area contributed by atoms with Gasteiger partial charge in [0.1, 0.15) is 5.82 Å². The third-order valence-electron chi connectivity index (χ3n) is 2.60. The third-order valence-corrected chi connectivity index (χ3v) is 3.49. The normalized spacial score (nSPS) is 10.6. The van der Waals surface area contributed by atoms with Crippen LogP contribution in [-0.4, -0.2) is 29.7 Å². The van der Waals surface area contributed by atoms with Gasteiger partial charge < -0.3 is 10.0 Å². The average Bonchev–Trinajstić information content (AvgIpc) is 2.75. The van der Waals surface area contributed by atoms with Crippen molar-refractivity contribution >= 4 is 33.2 Å². The van der Waals surface area contributed by atoms with E-state index in [-0.39, 0.29) is 6.42 Å². The van der Waals surface area contributed by atoms with E-state index in [1.807, 2.05) is 23.4 Å². The van der Waals surface area contributed by atoms with Gasteiger partial charge in [0.15, 0.2) is 0 Å². The Bertz CT molecular complexity index is 524. The number of carboxylic acids is 1. The van der Waals surface area contributed by atoms with Crippen LogP contribution >= 0.6 is 11.3 Å². The van der Waals surface area contributed by atoms with Crippen molar-refractivity contribution < 1.29 is 9.90 Å². The molecule has 0 bridgehead atoms. The Kier molecular flexibility index (Phi) is 3.58. The highest BCUT2D eigenvalue weighted by Crippen LogP contribution is 2.27. The van der Waals surface area contributed by atoms with E-state index in [0.717, 1.165) is 11.2 Å². The molecule has 0 fully saturated rings. The highest BCUT2D eigenvalue weighted by Gasteiger charge is 2.08. The number of fused-ring (bicyclic) bond motifs is 1. The lowest BCUT2D eigenvalue weighted by molar-refractivity contribution is -0.137. The van der Waals surface area contributed by atoms with Crippen LogP contribution < -0.4 is 4.90 Å². The topological polar surface area (TPSA) is 53.4 Å². The first-order valence-electron chi connectivity index (χ1n) is 5.43. The molecule has 2 rings (SSSR count). The zero-order valence-corrected chi connectivity index (χ0v) is 10.4. The lowest BCUT2D eigenvalue weighted by atomic mass is 10.2. The van der Waals surface area contributed by atoms with Crippen molar-refractivity contribution in [1.82, 2.24) is 4.98 Å². The predicted octanol–water partition coefficient (Wildman–Crippen LogP) is 2.60. The molecule has 5 heteroatoms. The molecule has 2 heterocycles. The molecule has 0 unspecified atom stereocenters. The number of pyridine rings is 1. The second-order valence-corrected chi connectivity index (χ2v) is 4.83. The smallest absolute Gasteiger partial charge is 0.303 e. The Hall–Kier alpha value is -1.62. The van der Waals surface area contributed by atoms with Crippen LogP contribution in [0.2, 0.25) is 0 Å². The third kappa shape index (κ3) is 2.74. The monoisotopic (exact) mass is 250 g/mol. The minimum Gasteiger partial charge on any atom is -0.481 e. The number of rotatable bonds is 5. The molecule has 0 saturated carbocycles. The molecule has 2 aromatic heterocycles. The molecule has 0 radical (unpaired) electrons. The number of aromatic nitrogens is 1. The van der Waals surface area contributed by atoms with Gasteiger partial charge in [0, 0.05) is 36.3 Å². The Morgan fingerprint density at radius 3 is 3.12 bits per heavy atom. The molecule has 4 nitrogen and oxygen atoms in total. The van der Waals surface area contributed by atoms with Crippen LogP contribution in [0.4, 0.5) is 5.82 Å². The maximum Gasteiger partial charge on any atom is 0.303 e. The highest BCUT2D eigenvalue weighted by molar-refractivity contribution is 7.17. The Morgan fingerprint density at radius 2 is 2.35 bits per heavy atom. The summed E-state index contributed by atoms with van der Waals surface area (Å²) < 4.78 is 1.21. The summed E-state index contributed by atoms with van der Waals surface area (Å²) in [4.78, 5) is 16.8. The van der Waals surface area contributed by atoms with Gasteiger partial charge in [-0.05, 0) is 23.9 Å². The molecular formula is C12H14N2O2S. The highest BCUT2D eigenvalue weighted by atomic mass is 32.1. The number of carbonyl (C=O) groups is 1. The zero-order chi connectivity index (χ0) is 12.3. The van der Waals surface area contributed by atoms with Crippen LogP contribution in [0.25, 0.3) is 10.1 Å². The van der Waals surface area contributed by atoms with Gasteiger partial charge in [0.05, 0.1) is 0 Å². The maximum atomic E-state index is 10.5. The first kappa shape index (κ1) is 11.9. The van der Waals surface area contributed by atoms with E-state index in [1.165, 1.54) is 4.70 Å². The lowest BCUT2D eigenvalue weighted by Crippen LogP contribution is -2.20. The lowest BCUT2D eigenvalue weighted by Gasteiger charge is -2.18. The van der Waals surface area contributed by atoms with E-state index >= 15 is 0 Å². The Balaban J connectivity index is 2.10. The zero-order valence-electron chi connectivity index (χ0n) is 9.59. The quantitative estimate of drug-likeness (QED) is 0.886. The van der Waals surface area contributed by atoms with E-state index < -0.39 is 5.97 Å². The van der Waals surface area contributed by atoms with Crippen LogP contribution in [0, 0.1) is 0 Å². The number of hydrogen-bond donors (Lipinski definition) is 1. The first-order chi connectivity index (χ1) is 8.18. The van der Waals surface area contributed by atoms with Crippen molar-refractivity contribution in [2.24, 2.45) is 0 Å². The summed E-state index contributed by atoms with van der Waals surface area (Å²) in [5.41, 5.74) is 0. The number of anilines is 1. The molecule has 0 atom stereocenters. The van der Waals surface area contributed by atoms with Crippen LogP contribution in [0.1, 0.15) is 12.8 Å². The number of carboxylic acid groups (broad SMARTS) is 1. The first-order valence-corrected chi connectivity index (χ1v) is 6.31. The average molecular weight is 250 g/mol. The van der Waals surface area contributed by atoms with Gasteiger partial charge in [-0.1, -0.05) is 0 Å². The predicted molar refractivity (Wildman–Crippen MR) is 69.8 cm³/mol. The molecule has 0 aliphatic carbocycles. The van der Waals surface area contributed by atoms with Crippen molar-refractivity contribution in [2.75, 3.05) is 18.5 Å². The molecule has 90 valence electrons. The molecule has 0 amide bonds. The van der Waals surface area contributed by atoms with Gasteiger partial charge in [-0.25, -0.2) is 4.98 Å². The van der Waals surface area contributed by atoms with Crippen LogP contribution in [-0.2, 0) is 4.79 Å². The van der Waals surface area contributed by atoms with Gasteiger partial charge in [0.25, 0.3) is 0 Å². The summed E-state index contributed by atoms with van der Waals surface area (Å²) in [6.07, 6.45) is 2.62. The molecule has 0 saturated heterocycles. The van der Waals surface area contributed by atoms with Gasteiger partial charge >= 0.3 is 5.97 Å². The van der Waals surface area contributed by atoms with Crippen molar-refractivity contribution in [3.05, 3.63) is 23.7 Å². The second kappa shape index (κ2) is 5.14. The number of aliphatic carboxylic acids is 1. The standard InChI is InChI=1S/C12H14N2O2S/c1-14(7-2-3-11(15)16)12-9-5-8-17-10(9)4-6-13-12/h4-6,8H,2-3,7H2,1H3,(H,15,16). The molecule has 0 aliphatic rings. The van der Waals surface area contributed by atoms with Gasteiger partial charge in [-0.3, -0.25) is 4.79 Å². The molecule has 0 aromatic carbocycles. The second-order valence-electron chi connectivity index (χ2n) is 3.89. The van der Waals surface area contributed by atoms with E-state index in [4.69, 9.17) is 5.11 Å². The van der Waals surface area contributed by atoms with Crippen molar-refractivity contribution in [1.29, 1.82) is 0 Å². The van der Waals surface area contributed by atoms with Gasteiger partial charge in [-0.15, -0.1) is 11.3 Å². The number of thiophene rings is 1. The van der Waals surface area contributed by atoms with Crippen molar-refractivity contribution in [3.8, 4) is 0 Å². The SMILES string of the molecule is CN(CCCC(=O)O)c1nccc2sccc12. The molecule has 0 spiro atoms.